The van der Waals surface area contributed by atoms with Gasteiger partial charge in [0.25, 0.3) is 0 Å². The van der Waals surface area contributed by atoms with Crippen molar-refractivity contribution in [2.75, 3.05) is 23.1 Å². The van der Waals surface area contributed by atoms with Gasteiger partial charge in [-0.25, -0.2) is 5.01 Å². The summed E-state index contributed by atoms with van der Waals surface area (Å²) in [4.78, 5) is 2.28. The number of halogens is 3. The van der Waals surface area contributed by atoms with Crippen LogP contribution in [0.2, 0.25) is 0 Å². The van der Waals surface area contributed by atoms with Crippen LogP contribution in [-0.4, -0.2) is 28.6 Å². The quantitative estimate of drug-likeness (QED) is 0.776. The Kier molecular flexibility index (Phi) is 4.67. The highest BCUT2D eigenvalue weighted by Crippen LogP contribution is 2.45. The minimum Gasteiger partial charge on any atom is -0.492 e. The van der Waals surface area contributed by atoms with Gasteiger partial charge in [0.05, 0.1) is 22.6 Å². The maximum Gasteiger partial charge on any atom is 0.416 e. The Labute approximate surface area is 171 Å². The zero-order valence-electron chi connectivity index (χ0n) is 16.2. The monoisotopic (exact) mass is 418 g/mol. The van der Waals surface area contributed by atoms with Gasteiger partial charge in [-0.2, -0.15) is 13.2 Å². The Hall–Kier alpha value is -3.17. The predicted octanol–water partition coefficient (Wildman–Crippen LogP) is 3.80. The molecular formula is C21H21F3N4O2. The summed E-state index contributed by atoms with van der Waals surface area (Å²) < 4.78 is 38.6. The lowest BCUT2D eigenvalue weighted by Gasteiger charge is -2.41. The topological polar surface area (TPSA) is 73.5 Å². The molecule has 0 aromatic heterocycles. The van der Waals surface area contributed by atoms with Crippen molar-refractivity contribution in [3.63, 3.8) is 0 Å². The number of nitrogens with zero attached hydrogens (tertiary/aromatic N) is 3. The number of aliphatic hydroxyl groups excluding tert-OH is 1. The molecule has 0 spiro atoms. The maximum absolute atomic E-state index is 12.9. The molecule has 0 radical (unpaired) electrons. The molecule has 0 saturated carbocycles. The van der Waals surface area contributed by atoms with Crippen LogP contribution in [0.1, 0.15) is 24.5 Å². The van der Waals surface area contributed by atoms with Gasteiger partial charge in [-0.1, -0.05) is 18.2 Å². The molecule has 3 aliphatic heterocycles. The number of likely N-dealkylation sites (tertiary alicyclic amines) is 1. The van der Waals surface area contributed by atoms with E-state index in [0.717, 1.165) is 54.2 Å². The van der Waals surface area contributed by atoms with E-state index >= 15 is 0 Å². The standard InChI is InChI=1S/C21H19F3N4O.H2O/c1-13-18(26-11-4-12-26)16-5-2-3-6-17(16)28-19(13)20(29)27(25-28)15-9-7-14(8-10-15)21(22,23)24;/h2-3,5-10,25,29H,4,11-12H2,1H3;1H2. The van der Waals surface area contributed by atoms with Crippen LogP contribution in [0.4, 0.5) is 24.5 Å². The maximum atomic E-state index is 12.9. The van der Waals surface area contributed by atoms with Crippen molar-refractivity contribution >= 4 is 17.1 Å². The number of allylic oxidation sites excluding steroid dienone is 1. The van der Waals surface area contributed by atoms with Crippen molar-refractivity contribution in [1.29, 1.82) is 0 Å². The lowest BCUT2D eigenvalue weighted by atomic mass is 9.95. The molecule has 3 heterocycles. The summed E-state index contributed by atoms with van der Waals surface area (Å²) in [6, 6.07) is 12.6. The Balaban J connectivity index is 0.00000218. The Morgan fingerprint density at radius 3 is 2.20 bits per heavy atom. The summed E-state index contributed by atoms with van der Waals surface area (Å²) >= 11 is 0. The van der Waals surface area contributed by atoms with Crippen molar-refractivity contribution in [3.05, 3.63) is 76.8 Å². The van der Waals surface area contributed by atoms with Gasteiger partial charge in [-0.3, -0.25) is 5.01 Å². The number of hydrazine groups is 2. The van der Waals surface area contributed by atoms with Gasteiger partial charge >= 0.3 is 6.18 Å². The van der Waals surface area contributed by atoms with Gasteiger partial charge in [0.2, 0.25) is 5.88 Å². The number of benzene rings is 2. The molecule has 0 aliphatic carbocycles. The highest BCUT2D eigenvalue weighted by atomic mass is 19.4. The smallest absolute Gasteiger partial charge is 0.416 e. The van der Waals surface area contributed by atoms with Crippen molar-refractivity contribution in [2.45, 2.75) is 19.5 Å². The van der Waals surface area contributed by atoms with E-state index in [0.29, 0.717) is 11.4 Å². The molecule has 158 valence electrons. The van der Waals surface area contributed by atoms with Crippen molar-refractivity contribution in [2.24, 2.45) is 0 Å². The van der Waals surface area contributed by atoms with Crippen LogP contribution in [-0.2, 0) is 6.18 Å². The number of nitrogens with one attached hydrogen (secondary N) is 1. The molecule has 5 rings (SSSR count). The molecule has 2 aromatic carbocycles. The van der Waals surface area contributed by atoms with Gasteiger partial charge in [0, 0.05) is 24.2 Å². The molecule has 0 unspecified atom stereocenters. The van der Waals surface area contributed by atoms with Gasteiger partial charge in [-0.05, 0) is 43.7 Å². The summed E-state index contributed by atoms with van der Waals surface area (Å²) in [7, 11) is 0. The zero-order chi connectivity index (χ0) is 20.3. The lowest BCUT2D eigenvalue weighted by molar-refractivity contribution is -0.137. The summed E-state index contributed by atoms with van der Waals surface area (Å²) in [6.45, 7) is 3.89. The van der Waals surface area contributed by atoms with Crippen LogP contribution in [0.15, 0.2) is 65.7 Å². The zero-order valence-corrected chi connectivity index (χ0v) is 16.2. The van der Waals surface area contributed by atoms with Gasteiger partial charge in [0.1, 0.15) is 5.70 Å². The van der Waals surface area contributed by atoms with Gasteiger partial charge in [-0.15, -0.1) is 5.53 Å². The highest BCUT2D eigenvalue weighted by molar-refractivity contribution is 5.87. The number of aliphatic hydroxyl groups is 1. The lowest BCUT2D eigenvalue weighted by Crippen LogP contribution is -2.44. The Bertz CT molecular complexity index is 1040. The van der Waals surface area contributed by atoms with Crippen molar-refractivity contribution < 1.29 is 23.8 Å². The third-order valence-corrected chi connectivity index (χ3v) is 5.58. The number of fused-ring (bicyclic) bond motifs is 3. The second-order valence-electron chi connectivity index (χ2n) is 7.32. The molecule has 6 nitrogen and oxygen atoms in total. The van der Waals surface area contributed by atoms with Crippen LogP contribution in [0, 0.1) is 0 Å². The SMILES string of the molecule is CC1=C(N2CCC2)c2ccccc2N2NN(c3ccc(C(F)(F)F)cc3)C(O)=C12.O. The minimum atomic E-state index is -4.40. The second kappa shape index (κ2) is 6.96. The van der Waals surface area contributed by atoms with E-state index in [-0.39, 0.29) is 11.4 Å². The average molecular weight is 418 g/mol. The van der Waals surface area contributed by atoms with E-state index in [4.69, 9.17) is 0 Å². The van der Waals surface area contributed by atoms with Crippen molar-refractivity contribution in [1.82, 2.24) is 10.4 Å². The van der Waals surface area contributed by atoms with Crippen LogP contribution in [0.25, 0.3) is 5.70 Å². The Morgan fingerprint density at radius 2 is 1.60 bits per heavy atom. The third-order valence-electron chi connectivity index (χ3n) is 5.58. The summed E-state index contributed by atoms with van der Waals surface area (Å²) in [5.74, 6) is -0.0465. The molecular weight excluding hydrogens is 397 g/mol. The number of alkyl halides is 3. The fourth-order valence-corrected chi connectivity index (χ4v) is 4.02. The van der Waals surface area contributed by atoms with E-state index in [2.05, 4.69) is 10.4 Å². The molecule has 0 atom stereocenters. The van der Waals surface area contributed by atoms with Crippen molar-refractivity contribution in [3.8, 4) is 0 Å². The van der Waals surface area contributed by atoms with E-state index in [1.807, 2.05) is 31.2 Å². The van der Waals surface area contributed by atoms with Crippen LogP contribution < -0.4 is 15.6 Å². The van der Waals surface area contributed by atoms with Gasteiger partial charge < -0.3 is 15.5 Å². The number of anilines is 2. The van der Waals surface area contributed by atoms with E-state index < -0.39 is 11.7 Å². The molecule has 0 bridgehead atoms. The summed E-state index contributed by atoms with van der Waals surface area (Å²) in [6.07, 6.45) is -3.27. The third kappa shape index (κ3) is 2.89. The summed E-state index contributed by atoms with van der Waals surface area (Å²) in [5, 5.41) is 14.2. The first-order valence-electron chi connectivity index (χ1n) is 9.39. The van der Waals surface area contributed by atoms with Crippen LogP contribution >= 0.6 is 0 Å². The first-order valence-corrected chi connectivity index (χ1v) is 9.39. The summed E-state index contributed by atoms with van der Waals surface area (Å²) in [5.41, 5.74) is 7.34. The first kappa shape index (κ1) is 20.1. The molecule has 4 N–H and O–H groups in total. The van der Waals surface area contributed by atoms with E-state index in [1.165, 1.54) is 17.1 Å². The normalized spacial score (nSPS) is 18.2. The molecule has 2 aromatic rings. The number of para-hydroxylation sites is 1. The average Bonchev–Trinajstić information content (AvgIpc) is 3.01. The first-order chi connectivity index (χ1) is 13.9. The largest absolute Gasteiger partial charge is 0.492 e. The molecule has 3 aliphatic rings. The molecule has 30 heavy (non-hydrogen) atoms. The number of hydrogen-bond donors (Lipinski definition) is 2. The molecule has 1 fully saturated rings. The fraction of sp³-hybridized carbons (Fsp3) is 0.238. The molecule has 9 heteroatoms. The predicted molar refractivity (Wildman–Crippen MR) is 108 cm³/mol. The number of hydrogen-bond acceptors (Lipinski definition) is 5. The van der Waals surface area contributed by atoms with E-state index in [9.17, 15) is 18.3 Å². The number of rotatable bonds is 2. The highest BCUT2D eigenvalue weighted by Gasteiger charge is 2.40. The van der Waals surface area contributed by atoms with Gasteiger partial charge in [0.15, 0.2) is 0 Å². The van der Waals surface area contributed by atoms with E-state index in [1.54, 1.807) is 5.01 Å². The Morgan fingerprint density at radius 1 is 0.933 bits per heavy atom. The molecule has 0 amide bonds. The van der Waals surface area contributed by atoms with Crippen LogP contribution in [0.5, 0.6) is 0 Å². The second-order valence-corrected chi connectivity index (χ2v) is 7.32. The minimum absolute atomic E-state index is 0. The van der Waals surface area contributed by atoms with Crippen LogP contribution in [0.3, 0.4) is 0 Å². The molecule has 1 saturated heterocycles. The fourth-order valence-electron chi connectivity index (χ4n) is 4.02.